The summed E-state index contributed by atoms with van der Waals surface area (Å²) in [5, 5.41) is 0. The zero-order chi connectivity index (χ0) is 16.8. The minimum Gasteiger partial charge on any atom is -0.339 e. The van der Waals surface area contributed by atoms with Crippen LogP contribution in [-0.4, -0.2) is 53.8 Å². The number of rotatable bonds is 5. The largest absolute Gasteiger partial charge is 0.339 e. The Kier molecular flexibility index (Phi) is 8.22. The number of amides is 2. The normalized spacial score (nSPS) is 15.6. The Bertz CT molecular complexity index is 540. The van der Waals surface area contributed by atoms with E-state index in [0.29, 0.717) is 39.0 Å². The summed E-state index contributed by atoms with van der Waals surface area (Å²) in [6, 6.07) is 7.63. The van der Waals surface area contributed by atoms with Gasteiger partial charge in [0.25, 0.3) is 0 Å². The lowest BCUT2D eigenvalue weighted by molar-refractivity contribution is -0.140. The average molecular weight is 354 g/mol. The van der Waals surface area contributed by atoms with Gasteiger partial charge in [-0.3, -0.25) is 9.59 Å². The first-order chi connectivity index (χ1) is 11.0. The molecule has 0 aliphatic carbocycles. The second-order valence-electron chi connectivity index (χ2n) is 6.26. The number of hydrogen-bond donors (Lipinski definition) is 1. The quantitative estimate of drug-likeness (QED) is 0.877. The number of nitrogens with two attached hydrogens (primary N) is 1. The van der Waals surface area contributed by atoms with Gasteiger partial charge >= 0.3 is 0 Å². The summed E-state index contributed by atoms with van der Waals surface area (Å²) >= 11 is 0. The topological polar surface area (TPSA) is 66.6 Å². The van der Waals surface area contributed by atoms with E-state index in [4.69, 9.17) is 5.73 Å². The maximum Gasteiger partial charge on any atom is 0.239 e. The van der Waals surface area contributed by atoms with Crippen molar-refractivity contribution in [1.29, 1.82) is 0 Å². The molecule has 0 bridgehead atoms. The maximum absolute atomic E-state index is 12.4. The molecule has 1 saturated heterocycles. The molecule has 134 valence electrons. The van der Waals surface area contributed by atoms with Crippen LogP contribution in [0.25, 0.3) is 0 Å². The summed E-state index contributed by atoms with van der Waals surface area (Å²) in [5.41, 5.74) is 8.12. The van der Waals surface area contributed by atoms with Crippen LogP contribution < -0.4 is 5.73 Å². The van der Waals surface area contributed by atoms with Crippen molar-refractivity contribution in [3.05, 3.63) is 35.4 Å². The third kappa shape index (κ3) is 5.49. The number of halogens is 1. The number of piperazine rings is 1. The molecule has 1 aromatic carbocycles. The predicted octanol–water partition coefficient (Wildman–Crippen LogP) is 1.76. The van der Waals surface area contributed by atoms with Gasteiger partial charge in [-0.25, -0.2) is 0 Å². The van der Waals surface area contributed by atoms with E-state index >= 15 is 0 Å². The molecule has 2 rings (SSSR count). The molecular weight excluding hydrogens is 326 g/mol. The molecule has 1 aliphatic heterocycles. The van der Waals surface area contributed by atoms with Crippen molar-refractivity contribution < 1.29 is 9.59 Å². The first-order valence-corrected chi connectivity index (χ1v) is 8.39. The smallest absolute Gasteiger partial charge is 0.239 e. The summed E-state index contributed by atoms with van der Waals surface area (Å²) in [6.45, 7) is 6.40. The number of benzene rings is 1. The second kappa shape index (κ2) is 9.64. The molecule has 24 heavy (non-hydrogen) atoms. The van der Waals surface area contributed by atoms with Crippen LogP contribution in [0.4, 0.5) is 0 Å². The summed E-state index contributed by atoms with van der Waals surface area (Å²) in [4.78, 5) is 28.2. The summed E-state index contributed by atoms with van der Waals surface area (Å²) < 4.78 is 0. The van der Waals surface area contributed by atoms with Gasteiger partial charge in [0.2, 0.25) is 11.8 Å². The van der Waals surface area contributed by atoms with Crippen LogP contribution in [-0.2, 0) is 16.0 Å². The van der Waals surface area contributed by atoms with Gasteiger partial charge in [0.05, 0.1) is 12.5 Å². The summed E-state index contributed by atoms with van der Waals surface area (Å²) in [7, 11) is 0. The molecule has 1 unspecified atom stereocenters. The Balaban J connectivity index is 0.00000288. The molecule has 0 saturated carbocycles. The van der Waals surface area contributed by atoms with Gasteiger partial charge in [-0.05, 0) is 18.9 Å². The van der Waals surface area contributed by atoms with Crippen molar-refractivity contribution >= 4 is 24.2 Å². The molecule has 0 aromatic heterocycles. The van der Waals surface area contributed by atoms with Gasteiger partial charge < -0.3 is 15.5 Å². The van der Waals surface area contributed by atoms with Crippen LogP contribution in [0.2, 0.25) is 0 Å². The van der Waals surface area contributed by atoms with Crippen molar-refractivity contribution in [2.24, 2.45) is 5.73 Å². The molecule has 1 heterocycles. The monoisotopic (exact) mass is 353 g/mol. The lowest BCUT2D eigenvalue weighted by Gasteiger charge is -2.36. The van der Waals surface area contributed by atoms with Gasteiger partial charge in [-0.2, -0.15) is 0 Å². The van der Waals surface area contributed by atoms with Crippen LogP contribution in [0.5, 0.6) is 0 Å². The Hall–Kier alpha value is -1.59. The molecular formula is C18H28ClN3O2. The Morgan fingerprint density at radius 1 is 1.08 bits per heavy atom. The van der Waals surface area contributed by atoms with E-state index in [1.54, 1.807) is 4.90 Å². The minimum absolute atomic E-state index is 0. The van der Waals surface area contributed by atoms with E-state index in [2.05, 4.69) is 0 Å². The fourth-order valence-corrected chi connectivity index (χ4v) is 2.84. The van der Waals surface area contributed by atoms with E-state index in [1.807, 2.05) is 43.0 Å². The maximum atomic E-state index is 12.4. The number of aryl methyl sites for hydroxylation is 1. The highest BCUT2D eigenvalue weighted by Gasteiger charge is 2.26. The van der Waals surface area contributed by atoms with Crippen LogP contribution >= 0.6 is 12.4 Å². The number of nitrogens with zero attached hydrogens (tertiary/aromatic N) is 2. The number of carbonyl (C=O) groups is 2. The fourth-order valence-electron chi connectivity index (χ4n) is 2.84. The van der Waals surface area contributed by atoms with E-state index in [0.717, 1.165) is 12.0 Å². The van der Waals surface area contributed by atoms with E-state index in [-0.39, 0.29) is 24.2 Å². The third-order valence-corrected chi connectivity index (χ3v) is 4.34. The van der Waals surface area contributed by atoms with Crippen LogP contribution in [0, 0.1) is 6.92 Å². The fraction of sp³-hybridized carbons (Fsp3) is 0.556. The standard InChI is InChI=1S/C18H27N3O2.ClH/c1-3-4-16(19)18(23)21-11-9-20(10-12-21)17(22)13-15-7-5-14(2)6-8-15;/h5-8,16H,3-4,9-13,19H2,1-2H3;1H. The molecule has 0 spiro atoms. The zero-order valence-corrected chi connectivity index (χ0v) is 15.3. The van der Waals surface area contributed by atoms with Gasteiger partial charge in [0.15, 0.2) is 0 Å². The molecule has 1 aliphatic rings. The summed E-state index contributed by atoms with van der Waals surface area (Å²) in [6.07, 6.45) is 2.04. The molecule has 1 atom stereocenters. The zero-order valence-electron chi connectivity index (χ0n) is 14.5. The van der Waals surface area contributed by atoms with E-state index < -0.39 is 6.04 Å². The molecule has 0 radical (unpaired) electrons. The molecule has 1 fully saturated rings. The molecule has 5 nitrogen and oxygen atoms in total. The SMILES string of the molecule is CCCC(N)C(=O)N1CCN(C(=O)Cc2ccc(C)cc2)CC1.Cl. The summed E-state index contributed by atoms with van der Waals surface area (Å²) in [5.74, 6) is 0.135. The third-order valence-electron chi connectivity index (χ3n) is 4.34. The van der Waals surface area contributed by atoms with Gasteiger partial charge in [0, 0.05) is 26.2 Å². The lowest BCUT2D eigenvalue weighted by Crippen LogP contribution is -2.54. The minimum atomic E-state index is -0.408. The lowest BCUT2D eigenvalue weighted by atomic mass is 10.1. The van der Waals surface area contributed by atoms with Crippen LogP contribution in [0.3, 0.4) is 0 Å². The van der Waals surface area contributed by atoms with Crippen molar-refractivity contribution in [2.45, 2.75) is 39.2 Å². The van der Waals surface area contributed by atoms with Gasteiger partial charge in [-0.15, -0.1) is 12.4 Å². The van der Waals surface area contributed by atoms with Crippen molar-refractivity contribution in [3.8, 4) is 0 Å². The first-order valence-electron chi connectivity index (χ1n) is 8.39. The highest BCUT2D eigenvalue weighted by molar-refractivity contribution is 5.85. The molecule has 1 aromatic rings. The van der Waals surface area contributed by atoms with Crippen molar-refractivity contribution in [1.82, 2.24) is 9.80 Å². The van der Waals surface area contributed by atoms with E-state index in [1.165, 1.54) is 5.56 Å². The van der Waals surface area contributed by atoms with Crippen LogP contribution in [0.15, 0.2) is 24.3 Å². The Morgan fingerprint density at radius 2 is 1.62 bits per heavy atom. The highest BCUT2D eigenvalue weighted by atomic mass is 35.5. The number of hydrogen-bond acceptors (Lipinski definition) is 3. The van der Waals surface area contributed by atoms with Crippen LogP contribution in [0.1, 0.15) is 30.9 Å². The predicted molar refractivity (Wildman–Crippen MR) is 98.2 cm³/mol. The van der Waals surface area contributed by atoms with E-state index in [9.17, 15) is 9.59 Å². The Morgan fingerprint density at radius 3 is 2.17 bits per heavy atom. The number of carbonyl (C=O) groups excluding carboxylic acids is 2. The highest BCUT2D eigenvalue weighted by Crippen LogP contribution is 2.10. The average Bonchev–Trinajstić information content (AvgIpc) is 2.56. The molecule has 2 amide bonds. The van der Waals surface area contributed by atoms with Gasteiger partial charge in [-0.1, -0.05) is 43.2 Å². The first kappa shape index (κ1) is 20.5. The van der Waals surface area contributed by atoms with Gasteiger partial charge in [0.1, 0.15) is 0 Å². The van der Waals surface area contributed by atoms with Crippen molar-refractivity contribution in [2.75, 3.05) is 26.2 Å². The second-order valence-corrected chi connectivity index (χ2v) is 6.26. The molecule has 6 heteroatoms. The molecule has 2 N–H and O–H groups in total. The van der Waals surface area contributed by atoms with Crippen molar-refractivity contribution in [3.63, 3.8) is 0 Å². The Labute approximate surface area is 150 Å².